The lowest BCUT2D eigenvalue weighted by molar-refractivity contribution is 0.857. The number of benzene rings is 1. The number of rotatable bonds is 1. The molecule has 0 bridgehead atoms. The summed E-state index contributed by atoms with van der Waals surface area (Å²) in [4.78, 5) is 0. The fourth-order valence-electron chi connectivity index (χ4n) is 2.89. The molecule has 0 saturated carbocycles. The highest BCUT2D eigenvalue weighted by Crippen LogP contribution is 2.45. The zero-order valence-electron chi connectivity index (χ0n) is 9.43. The van der Waals surface area contributed by atoms with E-state index in [2.05, 4.69) is 26.0 Å². The van der Waals surface area contributed by atoms with Crippen LogP contribution < -0.4 is 5.32 Å². The van der Waals surface area contributed by atoms with Gasteiger partial charge in [-0.1, -0.05) is 13.0 Å². The molecular formula is C14H16N. The molecule has 77 valence electrons. The van der Waals surface area contributed by atoms with E-state index in [4.69, 9.17) is 5.32 Å². The molecule has 1 aliphatic heterocycles. The van der Waals surface area contributed by atoms with Crippen LogP contribution in [0, 0.1) is 6.92 Å². The van der Waals surface area contributed by atoms with Crippen molar-refractivity contribution in [1.29, 1.82) is 0 Å². The lowest BCUT2D eigenvalue weighted by atomic mass is 9.93. The van der Waals surface area contributed by atoms with Crippen LogP contribution in [0.4, 0.5) is 5.69 Å². The van der Waals surface area contributed by atoms with Crippen molar-refractivity contribution in [1.82, 2.24) is 5.32 Å². The fraction of sp³-hybridized carbons (Fsp3) is 0.429. The van der Waals surface area contributed by atoms with Gasteiger partial charge in [-0.2, -0.15) is 0 Å². The van der Waals surface area contributed by atoms with Crippen LogP contribution in [-0.2, 0) is 6.42 Å². The second-order valence-corrected chi connectivity index (χ2v) is 4.50. The maximum atomic E-state index is 4.74. The molecule has 1 heterocycles. The largest absolute Gasteiger partial charge is 0.253 e. The maximum Gasteiger partial charge on any atom is 0.0711 e. The van der Waals surface area contributed by atoms with Gasteiger partial charge in [-0.15, -0.1) is 0 Å². The molecule has 1 radical (unpaired) electrons. The number of hydrogen-bond donors (Lipinski definition) is 0. The monoisotopic (exact) mass is 198 g/mol. The quantitative estimate of drug-likeness (QED) is 0.653. The van der Waals surface area contributed by atoms with Gasteiger partial charge in [0.05, 0.1) is 5.69 Å². The molecule has 1 aromatic carbocycles. The van der Waals surface area contributed by atoms with Crippen LogP contribution in [-0.4, -0.2) is 0 Å². The molecule has 0 aromatic heterocycles. The molecule has 0 atom stereocenters. The van der Waals surface area contributed by atoms with Gasteiger partial charge >= 0.3 is 0 Å². The van der Waals surface area contributed by atoms with E-state index in [1.165, 1.54) is 47.3 Å². The van der Waals surface area contributed by atoms with Crippen LogP contribution in [0.15, 0.2) is 17.8 Å². The van der Waals surface area contributed by atoms with Crippen LogP contribution in [0.2, 0.25) is 0 Å². The summed E-state index contributed by atoms with van der Waals surface area (Å²) in [5, 5.41) is 4.74. The van der Waals surface area contributed by atoms with Crippen molar-refractivity contribution >= 4 is 11.3 Å². The molecular weight excluding hydrogens is 182 g/mol. The highest BCUT2D eigenvalue weighted by molar-refractivity contribution is 5.85. The summed E-state index contributed by atoms with van der Waals surface area (Å²) in [6.07, 6.45) is 4.85. The molecule has 1 aliphatic carbocycles. The third kappa shape index (κ3) is 1.16. The molecule has 15 heavy (non-hydrogen) atoms. The van der Waals surface area contributed by atoms with Gasteiger partial charge in [0, 0.05) is 11.3 Å². The first-order valence-electron chi connectivity index (χ1n) is 5.88. The number of allylic oxidation sites excluding steroid dienone is 2. The standard InChI is InChI=1S/C14H16N/c1-3-10-9(2)7-8-13-14(10)11-5-4-6-12(11)15-13/h7-8H,3-6H2,1-2H3. The Kier molecular flexibility index (Phi) is 1.88. The molecule has 0 spiro atoms. The van der Waals surface area contributed by atoms with Crippen molar-refractivity contribution in [3.05, 3.63) is 34.5 Å². The van der Waals surface area contributed by atoms with Gasteiger partial charge < -0.3 is 0 Å². The molecule has 0 unspecified atom stereocenters. The molecule has 1 nitrogen and oxygen atoms in total. The minimum absolute atomic E-state index is 1.13. The highest BCUT2D eigenvalue weighted by atomic mass is 14.9. The Morgan fingerprint density at radius 3 is 2.93 bits per heavy atom. The normalized spacial score (nSPS) is 17.7. The Hall–Kier alpha value is -1.24. The lowest BCUT2D eigenvalue weighted by Crippen LogP contribution is -1.96. The second-order valence-electron chi connectivity index (χ2n) is 4.50. The first-order valence-corrected chi connectivity index (χ1v) is 5.88. The van der Waals surface area contributed by atoms with E-state index in [0.29, 0.717) is 0 Å². The summed E-state index contributed by atoms with van der Waals surface area (Å²) in [6.45, 7) is 4.46. The van der Waals surface area contributed by atoms with Gasteiger partial charge in [-0.05, 0) is 55.4 Å². The van der Waals surface area contributed by atoms with Crippen LogP contribution in [0.5, 0.6) is 0 Å². The third-order valence-corrected chi connectivity index (χ3v) is 3.62. The average Bonchev–Trinajstić information content (AvgIpc) is 2.78. The average molecular weight is 198 g/mol. The van der Waals surface area contributed by atoms with Gasteiger partial charge in [0.1, 0.15) is 0 Å². The molecule has 1 heteroatoms. The number of hydrogen-bond acceptors (Lipinski definition) is 0. The summed E-state index contributed by atoms with van der Waals surface area (Å²) in [7, 11) is 0. The van der Waals surface area contributed by atoms with Gasteiger partial charge in [0.15, 0.2) is 0 Å². The van der Waals surface area contributed by atoms with Gasteiger partial charge in [0.25, 0.3) is 0 Å². The van der Waals surface area contributed by atoms with Crippen molar-refractivity contribution in [3.8, 4) is 0 Å². The van der Waals surface area contributed by atoms with Crippen molar-refractivity contribution in [2.45, 2.75) is 39.5 Å². The van der Waals surface area contributed by atoms with E-state index in [0.717, 1.165) is 6.42 Å². The number of aryl methyl sites for hydroxylation is 1. The molecule has 2 aliphatic rings. The van der Waals surface area contributed by atoms with Crippen molar-refractivity contribution in [2.24, 2.45) is 0 Å². The Balaban J connectivity index is 2.22. The van der Waals surface area contributed by atoms with E-state index >= 15 is 0 Å². The SMILES string of the molecule is CCc1c(C)ccc2c1C1=C(CCC1)[N]2. The summed E-state index contributed by atoms with van der Waals surface area (Å²) in [5.41, 5.74) is 8.55. The smallest absolute Gasteiger partial charge is 0.0711 e. The number of nitrogens with zero attached hydrogens (tertiary/aromatic N) is 1. The topological polar surface area (TPSA) is 14.1 Å². The predicted molar refractivity (Wildman–Crippen MR) is 63.1 cm³/mol. The summed E-state index contributed by atoms with van der Waals surface area (Å²) in [5.74, 6) is 0. The third-order valence-electron chi connectivity index (χ3n) is 3.62. The van der Waals surface area contributed by atoms with Gasteiger partial charge in [-0.3, -0.25) is 5.32 Å². The zero-order valence-corrected chi connectivity index (χ0v) is 9.43. The Bertz CT molecular complexity index is 455. The van der Waals surface area contributed by atoms with E-state index in [-0.39, 0.29) is 0 Å². The first kappa shape index (κ1) is 9.02. The fourth-order valence-corrected chi connectivity index (χ4v) is 2.89. The number of fused-ring (bicyclic) bond motifs is 2. The minimum atomic E-state index is 1.13. The molecule has 3 rings (SSSR count). The van der Waals surface area contributed by atoms with Crippen molar-refractivity contribution < 1.29 is 0 Å². The summed E-state index contributed by atoms with van der Waals surface area (Å²) < 4.78 is 0. The summed E-state index contributed by atoms with van der Waals surface area (Å²) in [6, 6.07) is 4.39. The minimum Gasteiger partial charge on any atom is -0.253 e. The predicted octanol–water partition coefficient (Wildman–Crippen LogP) is 3.70. The second kappa shape index (κ2) is 3.13. The summed E-state index contributed by atoms with van der Waals surface area (Å²) >= 11 is 0. The van der Waals surface area contributed by atoms with Gasteiger partial charge in [0.2, 0.25) is 0 Å². The van der Waals surface area contributed by atoms with E-state index < -0.39 is 0 Å². The maximum absolute atomic E-state index is 4.74. The Labute approximate surface area is 91.2 Å². The van der Waals surface area contributed by atoms with E-state index in [1.807, 2.05) is 0 Å². The van der Waals surface area contributed by atoms with E-state index in [9.17, 15) is 0 Å². The molecule has 0 saturated heterocycles. The highest BCUT2D eigenvalue weighted by Gasteiger charge is 2.28. The van der Waals surface area contributed by atoms with Crippen molar-refractivity contribution in [3.63, 3.8) is 0 Å². The Morgan fingerprint density at radius 1 is 1.27 bits per heavy atom. The van der Waals surface area contributed by atoms with Crippen LogP contribution in [0.3, 0.4) is 0 Å². The van der Waals surface area contributed by atoms with E-state index in [1.54, 1.807) is 5.57 Å². The Morgan fingerprint density at radius 2 is 2.13 bits per heavy atom. The first-order chi connectivity index (χ1) is 7.31. The zero-order chi connectivity index (χ0) is 10.4. The molecule has 0 fully saturated rings. The van der Waals surface area contributed by atoms with Crippen molar-refractivity contribution in [2.75, 3.05) is 0 Å². The molecule has 0 N–H and O–H groups in total. The van der Waals surface area contributed by atoms with Crippen LogP contribution in [0.25, 0.3) is 5.57 Å². The van der Waals surface area contributed by atoms with Gasteiger partial charge in [-0.25, -0.2) is 0 Å². The molecule has 0 amide bonds. The lowest BCUT2D eigenvalue weighted by Gasteiger charge is -2.11. The van der Waals surface area contributed by atoms with Crippen LogP contribution >= 0.6 is 0 Å². The molecule has 1 aromatic rings. The van der Waals surface area contributed by atoms with Crippen LogP contribution in [0.1, 0.15) is 42.9 Å².